The molecule has 0 unspecified atom stereocenters. The average molecular weight is 428 g/mol. The SMILES string of the molecule is CC.CC(=O)CCCNC(=O)c1ccc(NCc2cnc3nc(N)[nH]c(=O)c3n2)cc1.[HH]. The molecular formula is C21H29N7O3. The molecule has 0 aliphatic rings. The molecule has 5 N–H and O–H groups in total. The standard InChI is InChI=1S/C19H21N7O3.C2H6.H2/c1-11(27)3-2-8-21-17(28)12-4-6-13(7-5-12)22-9-14-10-23-16-15(24-14)18(29)26-19(20)25-16;1-2;/h4-7,10,22H,2-3,8-9H2,1H3,(H,21,28)(H3,20,23,25,26,29);1-2H3;1H. The van der Waals surface area contributed by atoms with Gasteiger partial charge in [0, 0.05) is 25.6 Å². The number of aromatic nitrogens is 4. The minimum Gasteiger partial charge on any atom is -0.379 e. The van der Waals surface area contributed by atoms with Crippen LogP contribution in [0.2, 0.25) is 0 Å². The van der Waals surface area contributed by atoms with Crippen LogP contribution >= 0.6 is 0 Å². The number of aromatic amines is 1. The van der Waals surface area contributed by atoms with Gasteiger partial charge in [0.05, 0.1) is 18.4 Å². The summed E-state index contributed by atoms with van der Waals surface area (Å²) in [6.07, 6.45) is 2.60. The maximum Gasteiger partial charge on any atom is 0.280 e. The number of carbonyl (C=O) groups is 2. The summed E-state index contributed by atoms with van der Waals surface area (Å²) < 4.78 is 0. The molecule has 1 amide bonds. The zero-order valence-electron chi connectivity index (χ0n) is 17.9. The molecule has 0 atom stereocenters. The third kappa shape index (κ3) is 6.88. The van der Waals surface area contributed by atoms with Crippen molar-refractivity contribution in [3.8, 4) is 0 Å². The van der Waals surface area contributed by atoms with E-state index in [9.17, 15) is 14.4 Å². The third-order valence-corrected chi connectivity index (χ3v) is 4.10. The van der Waals surface area contributed by atoms with Gasteiger partial charge < -0.3 is 21.2 Å². The van der Waals surface area contributed by atoms with Crippen LogP contribution in [0.25, 0.3) is 11.2 Å². The van der Waals surface area contributed by atoms with Crippen LogP contribution < -0.4 is 21.9 Å². The highest BCUT2D eigenvalue weighted by molar-refractivity contribution is 5.94. The highest BCUT2D eigenvalue weighted by Gasteiger charge is 2.08. The molecule has 0 fully saturated rings. The Bertz CT molecular complexity index is 1100. The van der Waals surface area contributed by atoms with Gasteiger partial charge in [-0.1, -0.05) is 13.8 Å². The fourth-order valence-electron chi connectivity index (χ4n) is 2.63. The monoisotopic (exact) mass is 427 g/mol. The molecule has 0 radical (unpaired) electrons. The smallest absolute Gasteiger partial charge is 0.280 e. The summed E-state index contributed by atoms with van der Waals surface area (Å²) in [6, 6.07) is 6.94. The largest absolute Gasteiger partial charge is 0.379 e. The molecule has 166 valence electrons. The number of nitrogens with one attached hydrogen (secondary N) is 3. The summed E-state index contributed by atoms with van der Waals surface area (Å²) in [5.41, 5.74) is 7.22. The number of nitrogen functional groups attached to an aromatic ring is 1. The van der Waals surface area contributed by atoms with Crippen LogP contribution in [0.5, 0.6) is 0 Å². The second-order valence-corrected chi connectivity index (χ2v) is 6.48. The lowest BCUT2D eigenvalue weighted by atomic mass is 10.2. The summed E-state index contributed by atoms with van der Waals surface area (Å²) in [5.74, 6) is -0.0899. The topological polar surface area (TPSA) is 156 Å². The molecule has 2 aromatic heterocycles. The minimum absolute atomic E-state index is 0. The minimum atomic E-state index is -0.444. The molecule has 31 heavy (non-hydrogen) atoms. The van der Waals surface area contributed by atoms with Gasteiger partial charge in [-0.3, -0.25) is 14.6 Å². The maximum absolute atomic E-state index is 12.1. The predicted octanol–water partition coefficient (Wildman–Crippen LogP) is 2.28. The summed E-state index contributed by atoms with van der Waals surface area (Å²) in [6.45, 7) is 6.32. The molecule has 3 rings (SSSR count). The third-order valence-electron chi connectivity index (χ3n) is 4.10. The van der Waals surface area contributed by atoms with Gasteiger partial charge in [0.2, 0.25) is 5.95 Å². The van der Waals surface area contributed by atoms with Crippen LogP contribution in [-0.4, -0.2) is 38.2 Å². The van der Waals surface area contributed by atoms with Gasteiger partial charge in [-0.05, 0) is 37.6 Å². The normalized spacial score (nSPS) is 10.2. The van der Waals surface area contributed by atoms with Gasteiger partial charge in [0.25, 0.3) is 11.5 Å². The van der Waals surface area contributed by atoms with Gasteiger partial charge in [-0.15, -0.1) is 0 Å². The second-order valence-electron chi connectivity index (χ2n) is 6.48. The molecule has 3 aromatic rings. The van der Waals surface area contributed by atoms with E-state index >= 15 is 0 Å². The van der Waals surface area contributed by atoms with Gasteiger partial charge >= 0.3 is 0 Å². The first kappa shape index (κ1) is 23.5. The number of ketones is 1. The summed E-state index contributed by atoms with van der Waals surface area (Å²) in [7, 11) is 0. The van der Waals surface area contributed by atoms with Crippen LogP contribution in [0.3, 0.4) is 0 Å². The highest BCUT2D eigenvalue weighted by Crippen LogP contribution is 2.11. The Balaban J connectivity index is 0.00000166. The maximum atomic E-state index is 12.1. The molecule has 0 aliphatic carbocycles. The van der Waals surface area contributed by atoms with E-state index in [2.05, 4.69) is 30.6 Å². The van der Waals surface area contributed by atoms with E-state index in [-0.39, 0.29) is 30.2 Å². The van der Waals surface area contributed by atoms with Crippen molar-refractivity contribution >= 4 is 34.5 Å². The van der Waals surface area contributed by atoms with Crippen molar-refractivity contribution in [3.63, 3.8) is 0 Å². The number of benzene rings is 1. The van der Waals surface area contributed by atoms with E-state index in [1.165, 1.54) is 13.1 Å². The first-order chi connectivity index (χ1) is 14.9. The molecule has 0 saturated heterocycles. The predicted molar refractivity (Wildman–Crippen MR) is 122 cm³/mol. The number of anilines is 2. The van der Waals surface area contributed by atoms with Gasteiger partial charge in [0.15, 0.2) is 11.2 Å². The fourth-order valence-corrected chi connectivity index (χ4v) is 2.63. The number of carbonyl (C=O) groups excluding carboxylic acids is 2. The lowest BCUT2D eigenvalue weighted by Gasteiger charge is -2.08. The van der Waals surface area contributed by atoms with E-state index in [0.717, 1.165) is 5.69 Å². The van der Waals surface area contributed by atoms with Crippen molar-refractivity contribution in [1.82, 2.24) is 25.3 Å². The van der Waals surface area contributed by atoms with Crippen LogP contribution in [-0.2, 0) is 11.3 Å². The zero-order chi connectivity index (χ0) is 22.8. The Kier molecular flexibility index (Phi) is 8.62. The summed E-state index contributed by atoms with van der Waals surface area (Å²) >= 11 is 0. The fraction of sp³-hybridized carbons (Fsp3) is 0.333. The van der Waals surface area contributed by atoms with Gasteiger partial charge in [-0.2, -0.15) is 4.98 Å². The Morgan fingerprint density at radius 2 is 1.87 bits per heavy atom. The lowest BCUT2D eigenvalue weighted by molar-refractivity contribution is -0.117. The summed E-state index contributed by atoms with van der Waals surface area (Å²) in [4.78, 5) is 49.6. The summed E-state index contributed by atoms with van der Waals surface area (Å²) in [5, 5.41) is 5.94. The van der Waals surface area contributed by atoms with Crippen molar-refractivity contribution in [2.24, 2.45) is 0 Å². The van der Waals surface area contributed by atoms with Crippen LogP contribution in [0.1, 0.15) is 51.1 Å². The lowest BCUT2D eigenvalue weighted by Crippen LogP contribution is -2.24. The van der Waals surface area contributed by atoms with Crippen molar-refractivity contribution in [2.75, 3.05) is 17.6 Å². The van der Waals surface area contributed by atoms with Crippen molar-refractivity contribution < 1.29 is 11.0 Å². The number of Topliss-reactive ketones (excluding diaryl/α,β-unsaturated/α-hetero) is 1. The van der Waals surface area contributed by atoms with Crippen LogP contribution in [0.15, 0.2) is 35.3 Å². The number of nitrogens with zero attached hydrogens (tertiary/aromatic N) is 3. The Morgan fingerprint density at radius 3 is 2.55 bits per heavy atom. The van der Waals surface area contributed by atoms with Gasteiger partial charge in [-0.25, -0.2) is 9.97 Å². The number of hydrogen-bond donors (Lipinski definition) is 4. The molecular weight excluding hydrogens is 398 g/mol. The number of amides is 1. The molecule has 2 heterocycles. The van der Waals surface area contributed by atoms with Crippen LogP contribution in [0, 0.1) is 0 Å². The Hall–Kier alpha value is -3.82. The van der Waals surface area contributed by atoms with Crippen molar-refractivity contribution in [3.05, 3.63) is 52.1 Å². The van der Waals surface area contributed by atoms with E-state index in [1.54, 1.807) is 24.3 Å². The second kappa shape index (κ2) is 11.4. The number of H-pyrrole nitrogens is 1. The molecule has 0 bridgehead atoms. The Morgan fingerprint density at radius 1 is 1.16 bits per heavy atom. The van der Waals surface area contributed by atoms with E-state index in [4.69, 9.17) is 5.73 Å². The number of nitrogens with two attached hydrogens (primary N) is 1. The first-order valence-electron chi connectivity index (χ1n) is 10.1. The molecule has 0 saturated carbocycles. The number of rotatable bonds is 8. The molecule has 10 heteroatoms. The zero-order valence-corrected chi connectivity index (χ0v) is 17.9. The van der Waals surface area contributed by atoms with Gasteiger partial charge in [0.1, 0.15) is 5.78 Å². The van der Waals surface area contributed by atoms with E-state index in [0.29, 0.717) is 37.2 Å². The molecule has 1 aromatic carbocycles. The van der Waals surface area contributed by atoms with E-state index < -0.39 is 5.56 Å². The first-order valence-corrected chi connectivity index (χ1v) is 10.1. The number of hydrogen-bond acceptors (Lipinski definition) is 8. The molecule has 10 nitrogen and oxygen atoms in total. The van der Waals surface area contributed by atoms with Crippen molar-refractivity contribution in [1.29, 1.82) is 0 Å². The molecule has 0 aliphatic heterocycles. The van der Waals surface area contributed by atoms with Crippen molar-refractivity contribution in [2.45, 2.75) is 40.2 Å². The van der Waals surface area contributed by atoms with Crippen LogP contribution in [0.4, 0.5) is 11.6 Å². The molecule has 0 spiro atoms. The van der Waals surface area contributed by atoms with E-state index in [1.807, 2.05) is 13.8 Å². The average Bonchev–Trinajstić information content (AvgIpc) is 2.77. The quantitative estimate of drug-likeness (QED) is 0.399. The Labute approximate surface area is 181 Å². The highest BCUT2D eigenvalue weighted by atomic mass is 16.1. The number of fused-ring (bicyclic) bond motifs is 1.